The zero-order valence-electron chi connectivity index (χ0n) is 12.2. The molecule has 1 aromatic heterocycles. The number of halogens is 1. The molecule has 1 aromatic rings. The van der Waals surface area contributed by atoms with Crippen LogP contribution in [-0.2, 0) is 11.3 Å². The van der Waals surface area contributed by atoms with Crippen molar-refractivity contribution in [2.24, 2.45) is 5.92 Å². The number of nitrogens with one attached hydrogen (secondary N) is 2. The molecule has 1 heterocycles. The third-order valence-corrected chi connectivity index (χ3v) is 3.19. The lowest BCUT2D eigenvalue weighted by Crippen LogP contribution is -2.22. The van der Waals surface area contributed by atoms with Gasteiger partial charge in [-0.05, 0) is 41.4 Å². The van der Waals surface area contributed by atoms with Crippen LogP contribution in [0.1, 0.15) is 26.3 Å². The monoisotopic (exact) mass is 329 g/mol. The van der Waals surface area contributed by atoms with E-state index in [2.05, 4.69) is 51.5 Å². The molecule has 0 aliphatic rings. The molecule has 0 radical (unpaired) electrons. The maximum absolute atomic E-state index is 5.23. The van der Waals surface area contributed by atoms with Gasteiger partial charge in [0.15, 0.2) is 0 Å². The van der Waals surface area contributed by atoms with Crippen molar-refractivity contribution >= 4 is 21.7 Å². The molecule has 5 heteroatoms. The first kappa shape index (κ1) is 16.4. The molecule has 108 valence electrons. The van der Waals surface area contributed by atoms with E-state index in [1.54, 1.807) is 7.11 Å². The highest BCUT2D eigenvalue weighted by molar-refractivity contribution is 9.10. The summed E-state index contributed by atoms with van der Waals surface area (Å²) in [7, 11) is 1.71. The molecular weight excluding hydrogens is 306 g/mol. The minimum absolute atomic E-state index is 0.168. The van der Waals surface area contributed by atoms with Gasteiger partial charge in [-0.1, -0.05) is 13.8 Å². The molecule has 0 saturated heterocycles. The zero-order chi connectivity index (χ0) is 14.3. The molecule has 4 nitrogen and oxygen atoms in total. The summed E-state index contributed by atoms with van der Waals surface area (Å²) in [5.41, 5.74) is 1.17. The number of anilines is 1. The van der Waals surface area contributed by atoms with Crippen LogP contribution < -0.4 is 10.6 Å². The number of hydrogen-bond donors (Lipinski definition) is 2. The van der Waals surface area contributed by atoms with Crippen LogP contribution in [0.4, 0.5) is 5.82 Å². The van der Waals surface area contributed by atoms with Gasteiger partial charge in [-0.2, -0.15) is 0 Å². The summed E-state index contributed by atoms with van der Waals surface area (Å²) < 4.78 is 6.23. The van der Waals surface area contributed by atoms with Gasteiger partial charge < -0.3 is 15.4 Å². The van der Waals surface area contributed by atoms with Crippen LogP contribution in [0.15, 0.2) is 16.7 Å². The summed E-state index contributed by atoms with van der Waals surface area (Å²) in [6, 6.07) is 2.10. The quantitative estimate of drug-likeness (QED) is 0.769. The summed E-state index contributed by atoms with van der Waals surface area (Å²) in [6.07, 6.45) is 1.98. The predicted molar refractivity (Wildman–Crippen MR) is 83.4 cm³/mol. The molecule has 1 atom stereocenters. The Morgan fingerprint density at radius 3 is 2.68 bits per heavy atom. The third kappa shape index (κ3) is 6.36. The van der Waals surface area contributed by atoms with Gasteiger partial charge in [-0.25, -0.2) is 4.98 Å². The lowest BCUT2D eigenvalue weighted by molar-refractivity contribution is 0.128. The van der Waals surface area contributed by atoms with Gasteiger partial charge in [0.05, 0.1) is 6.10 Å². The second-order valence-electron chi connectivity index (χ2n) is 5.11. The molecule has 0 aromatic carbocycles. The maximum Gasteiger partial charge on any atom is 0.130 e. The average molecular weight is 330 g/mol. The van der Waals surface area contributed by atoms with E-state index in [9.17, 15) is 0 Å². The highest BCUT2D eigenvalue weighted by Gasteiger charge is 2.07. The van der Waals surface area contributed by atoms with Gasteiger partial charge in [0, 0.05) is 36.4 Å². The van der Waals surface area contributed by atoms with Crippen molar-refractivity contribution in [3.8, 4) is 0 Å². The zero-order valence-corrected chi connectivity index (χ0v) is 13.8. The molecule has 19 heavy (non-hydrogen) atoms. The topological polar surface area (TPSA) is 46.2 Å². The SMILES string of the molecule is COC(C)CNc1ncc(Br)cc1CNCC(C)C. The fourth-order valence-corrected chi connectivity index (χ4v) is 1.97. The van der Waals surface area contributed by atoms with E-state index >= 15 is 0 Å². The third-order valence-electron chi connectivity index (χ3n) is 2.76. The second kappa shape index (κ2) is 8.51. The molecule has 0 aliphatic carbocycles. The van der Waals surface area contributed by atoms with Crippen molar-refractivity contribution in [2.75, 3.05) is 25.5 Å². The lowest BCUT2D eigenvalue weighted by Gasteiger charge is -2.15. The minimum Gasteiger partial charge on any atom is -0.380 e. The summed E-state index contributed by atoms with van der Waals surface area (Å²) in [5.74, 6) is 1.56. The Bertz CT molecular complexity index is 385. The van der Waals surface area contributed by atoms with Gasteiger partial charge in [-0.3, -0.25) is 0 Å². The summed E-state index contributed by atoms with van der Waals surface area (Å²) in [6.45, 7) is 9.00. The molecule has 0 bridgehead atoms. The Balaban J connectivity index is 2.63. The first-order valence-corrected chi connectivity index (χ1v) is 7.44. The van der Waals surface area contributed by atoms with E-state index in [-0.39, 0.29) is 6.10 Å². The Morgan fingerprint density at radius 2 is 2.05 bits per heavy atom. The van der Waals surface area contributed by atoms with Crippen LogP contribution in [0, 0.1) is 5.92 Å². The van der Waals surface area contributed by atoms with Crippen LogP contribution in [-0.4, -0.2) is 31.3 Å². The molecule has 2 N–H and O–H groups in total. The fourth-order valence-electron chi connectivity index (χ4n) is 1.59. The Kier molecular flexibility index (Phi) is 7.34. The van der Waals surface area contributed by atoms with E-state index in [1.165, 1.54) is 5.56 Å². The minimum atomic E-state index is 0.168. The van der Waals surface area contributed by atoms with Gasteiger partial charge in [0.25, 0.3) is 0 Å². The van der Waals surface area contributed by atoms with E-state index in [1.807, 2.05) is 13.1 Å². The number of pyridine rings is 1. The maximum atomic E-state index is 5.23. The fraction of sp³-hybridized carbons (Fsp3) is 0.643. The van der Waals surface area contributed by atoms with Crippen molar-refractivity contribution in [3.05, 3.63) is 22.3 Å². The Hall–Kier alpha value is -0.650. The van der Waals surface area contributed by atoms with E-state index in [0.717, 1.165) is 29.9 Å². The van der Waals surface area contributed by atoms with Crippen molar-refractivity contribution in [1.29, 1.82) is 0 Å². The number of hydrogen-bond acceptors (Lipinski definition) is 4. The number of aromatic nitrogens is 1. The number of methoxy groups -OCH3 is 1. The van der Waals surface area contributed by atoms with E-state index in [0.29, 0.717) is 5.92 Å². The van der Waals surface area contributed by atoms with Crippen LogP contribution in [0.2, 0.25) is 0 Å². The Labute approximate surface area is 124 Å². The van der Waals surface area contributed by atoms with Crippen LogP contribution in [0.3, 0.4) is 0 Å². The second-order valence-corrected chi connectivity index (χ2v) is 6.03. The highest BCUT2D eigenvalue weighted by Crippen LogP contribution is 2.18. The largest absolute Gasteiger partial charge is 0.380 e. The molecule has 0 aliphatic heterocycles. The van der Waals surface area contributed by atoms with Crippen molar-refractivity contribution in [2.45, 2.75) is 33.4 Å². The van der Waals surface area contributed by atoms with Crippen LogP contribution in [0.25, 0.3) is 0 Å². The average Bonchev–Trinajstić information content (AvgIpc) is 2.37. The van der Waals surface area contributed by atoms with Gasteiger partial charge in [-0.15, -0.1) is 0 Å². The van der Waals surface area contributed by atoms with Gasteiger partial charge >= 0.3 is 0 Å². The number of rotatable bonds is 8. The normalized spacial score (nSPS) is 12.7. The molecule has 1 unspecified atom stereocenters. The molecule has 1 rings (SSSR count). The van der Waals surface area contributed by atoms with Crippen molar-refractivity contribution in [1.82, 2.24) is 10.3 Å². The van der Waals surface area contributed by atoms with Crippen molar-refractivity contribution < 1.29 is 4.74 Å². The van der Waals surface area contributed by atoms with Crippen LogP contribution >= 0.6 is 15.9 Å². The van der Waals surface area contributed by atoms with Gasteiger partial charge in [0.2, 0.25) is 0 Å². The predicted octanol–water partition coefficient (Wildman–Crippen LogP) is 3.04. The molecule has 0 spiro atoms. The standard InChI is InChI=1S/C14H24BrN3O/c1-10(2)6-16-8-12-5-13(15)9-18-14(12)17-7-11(3)19-4/h5,9-11,16H,6-8H2,1-4H3,(H,17,18). The first-order chi connectivity index (χ1) is 9.02. The smallest absolute Gasteiger partial charge is 0.130 e. The van der Waals surface area contributed by atoms with E-state index in [4.69, 9.17) is 4.74 Å². The molecular formula is C14H24BrN3O. The molecule has 0 saturated carbocycles. The Morgan fingerprint density at radius 1 is 1.32 bits per heavy atom. The van der Waals surface area contributed by atoms with E-state index < -0.39 is 0 Å². The van der Waals surface area contributed by atoms with Crippen LogP contribution in [0.5, 0.6) is 0 Å². The number of nitrogens with zero attached hydrogens (tertiary/aromatic N) is 1. The van der Waals surface area contributed by atoms with Gasteiger partial charge in [0.1, 0.15) is 5.82 Å². The number of ether oxygens (including phenoxy) is 1. The molecule has 0 amide bonds. The highest BCUT2D eigenvalue weighted by atomic mass is 79.9. The molecule has 0 fully saturated rings. The first-order valence-electron chi connectivity index (χ1n) is 6.64. The summed E-state index contributed by atoms with van der Waals surface area (Å²) in [4.78, 5) is 4.43. The van der Waals surface area contributed by atoms with Crippen molar-refractivity contribution in [3.63, 3.8) is 0 Å². The lowest BCUT2D eigenvalue weighted by atomic mass is 10.2. The summed E-state index contributed by atoms with van der Waals surface area (Å²) in [5, 5.41) is 6.77. The summed E-state index contributed by atoms with van der Waals surface area (Å²) >= 11 is 3.47.